The summed E-state index contributed by atoms with van der Waals surface area (Å²) in [5.74, 6) is 1.07. The fourth-order valence-corrected chi connectivity index (χ4v) is 4.99. The molecule has 31 heavy (non-hydrogen) atoms. The first kappa shape index (κ1) is 19.2. The van der Waals surface area contributed by atoms with Crippen molar-refractivity contribution in [1.82, 2.24) is 20.1 Å². The number of halogens is 1. The van der Waals surface area contributed by atoms with Crippen LogP contribution in [-0.2, 0) is 4.79 Å². The third-order valence-electron chi connectivity index (χ3n) is 5.33. The highest BCUT2D eigenvalue weighted by molar-refractivity contribution is 7.15. The van der Waals surface area contributed by atoms with Gasteiger partial charge in [0.2, 0.25) is 5.91 Å². The molecular weight excluding hydrogens is 432 g/mol. The second-order valence-electron chi connectivity index (χ2n) is 7.41. The van der Waals surface area contributed by atoms with Crippen LogP contribution in [0.15, 0.2) is 29.3 Å². The number of amides is 1. The van der Waals surface area contributed by atoms with Crippen LogP contribution in [0.3, 0.4) is 0 Å². The zero-order chi connectivity index (χ0) is 23.9. The maximum absolute atomic E-state index is 12.7. The molecule has 3 N–H and O–H groups in total. The van der Waals surface area contributed by atoms with Gasteiger partial charge in [-0.05, 0) is 51.4 Å². The van der Waals surface area contributed by atoms with E-state index in [1.807, 2.05) is 35.8 Å². The van der Waals surface area contributed by atoms with Crippen molar-refractivity contribution in [2.75, 3.05) is 13.0 Å². The second kappa shape index (κ2) is 8.90. The summed E-state index contributed by atoms with van der Waals surface area (Å²) in [4.78, 5) is 18.9. The molecule has 3 aromatic rings. The van der Waals surface area contributed by atoms with E-state index in [0.29, 0.717) is 10.8 Å². The molecule has 0 unspecified atom stereocenters. The summed E-state index contributed by atoms with van der Waals surface area (Å²) in [6.07, 6.45) is 0.0729. The lowest BCUT2D eigenvalue weighted by atomic mass is 9.99. The first-order valence-corrected chi connectivity index (χ1v) is 11.2. The van der Waals surface area contributed by atoms with E-state index in [2.05, 4.69) is 29.4 Å². The van der Waals surface area contributed by atoms with E-state index in [9.17, 15) is 4.79 Å². The Balaban J connectivity index is 1.78. The minimum Gasteiger partial charge on any atom is -0.356 e. The van der Waals surface area contributed by atoms with Crippen LogP contribution in [0.5, 0.6) is 0 Å². The number of hydrogen-bond donors (Lipinski definition) is 2. The Kier molecular flexibility index (Phi) is 5.50. The first-order valence-electron chi connectivity index (χ1n) is 11.0. The molecule has 0 aliphatic carbocycles. The minimum atomic E-state index is -1.84. The number of rotatable bonds is 6. The van der Waals surface area contributed by atoms with Crippen LogP contribution in [0.25, 0.3) is 5.00 Å². The largest absolute Gasteiger partial charge is 0.356 e. The number of fused-ring (bicyclic) bond motifs is 3. The SMILES string of the molecule is [2H]C([2H])(N)CCNC(=O)C[C@@H]1N=C(c2ccc(Cl)cc2)c2c(sc(C)c2C)-n2c(C)nnc21. The van der Waals surface area contributed by atoms with E-state index >= 15 is 0 Å². The molecule has 0 saturated carbocycles. The van der Waals surface area contributed by atoms with Crippen LogP contribution in [-0.4, -0.2) is 39.4 Å². The number of aryl methyl sites for hydroxylation is 2. The molecule has 7 nitrogen and oxygen atoms in total. The highest BCUT2D eigenvalue weighted by Gasteiger charge is 2.32. The normalized spacial score (nSPS) is 16.5. The number of hydrogen-bond acceptors (Lipinski definition) is 6. The number of carbonyl (C=O) groups is 1. The summed E-state index contributed by atoms with van der Waals surface area (Å²) in [6, 6.07) is 6.94. The van der Waals surface area contributed by atoms with Crippen molar-refractivity contribution < 1.29 is 7.54 Å². The summed E-state index contributed by atoms with van der Waals surface area (Å²) >= 11 is 7.77. The number of thiophene rings is 1. The van der Waals surface area contributed by atoms with Gasteiger partial charge in [-0.25, -0.2) is 0 Å². The highest BCUT2D eigenvalue weighted by atomic mass is 35.5. The molecule has 4 rings (SSSR count). The van der Waals surface area contributed by atoms with E-state index in [-0.39, 0.29) is 25.3 Å². The van der Waals surface area contributed by atoms with Crippen LogP contribution >= 0.6 is 22.9 Å². The van der Waals surface area contributed by atoms with Crippen molar-refractivity contribution in [1.29, 1.82) is 0 Å². The maximum Gasteiger partial charge on any atom is 0.222 e. The van der Waals surface area contributed by atoms with E-state index in [4.69, 9.17) is 25.1 Å². The molecule has 162 valence electrons. The summed E-state index contributed by atoms with van der Waals surface area (Å²) in [7, 11) is 0. The number of nitrogens with two attached hydrogens (primary N) is 1. The molecular formula is C22H25ClN6OS. The van der Waals surface area contributed by atoms with Crippen molar-refractivity contribution in [3.05, 3.63) is 62.5 Å². The van der Waals surface area contributed by atoms with Crippen molar-refractivity contribution in [3.63, 3.8) is 0 Å². The molecule has 1 aromatic carbocycles. The Hall–Kier alpha value is -2.55. The average Bonchev–Trinajstić information content (AvgIpc) is 3.20. The number of carbonyl (C=O) groups excluding carboxylic acids is 1. The molecule has 1 atom stereocenters. The van der Waals surface area contributed by atoms with Gasteiger partial charge in [0.25, 0.3) is 0 Å². The van der Waals surface area contributed by atoms with Crippen LogP contribution in [0.2, 0.25) is 5.02 Å². The summed E-state index contributed by atoms with van der Waals surface area (Å²) in [5.41, 5.74) is 9.19. The Morgan fingerprint density at radius 1 is 1.29 bits per heavy atom. The van der Waals surface area contributed by atoms with Gasteiger partial charge >= 0.3 is 0 Å². The molecule has 0 spiro atoms. The van der Waals surface area contributed by atoms with Crippen molar-refractivity contribution in [2.24, 2.45) is 10.7 Å². The van der Waals surface area contributed by atoms with E-state index in [0.717, 1.165) is 33.2 Å². The lowest BCUT2D eigenvalue weighted by Gasteiger charge is -2.13. The standard InChI is InChI=1S/C22H25ClN6OS/c1-12-13(2)31-22-19(12)20(15-5-7-16(23)8-6-15)26-17(11-18(30)25-10-4-9-24)21-28-27-14(3)29(21)22/h5-8,17H,4,9-11,24H2,1-3H3,(H,25,30)/t17-/m0/s1/i9D2. The second-order valence-corrected chi connectivity index (χ2v) is 9.05. The smallest absolute Gasteiger partial charge is 0.222 e. The molecule has 1 aliphatic heterocycles. The van der Waals surface area contributed by atoms with Gasteiger partial charge in [0.1, 0.15) is 16.9 Å². The quantitative estimate of drug-likeness (QED) is 0.588. The van der Waals surface area contributed by atoms with Crippen LogP contribution in [0.4, 0.5) is 0 Å². The molecule has 0 radical (unpaired) electrons. The van der Waals surface area contributed by atoms with E-state index in [1.54, 1.807) is 11.3 Å². The Labute approximate surface area is 193 Å². The molecule has 0 bridgehead atoms. The Morgan fingerprint density at radius 2 is 2.03 bits per heavy atom. The molecule has 1 aliphatic rings. The number of benzene rings is 1. The zero-order valence-electron chi connectivity index (χ0n) is 19.6. The average molecular weight is 459 g/mol. The van der Waals surface area contributed by atoms with Gasteiger partial charge < -0.3 is 11.1 Å². The molecule has 0 saturated heterocycles. The third-order valence-corrected chi connectivity index (χ3v) is 6.77. The molecule has 1 amide bonds. The van der Waals surface area contributed by atoms with Gasteiger partial charge in [-0.1, -0.05) is 23.7 Å². The molecule has 0 fully saturated rings. The molecule has 2 aromatic heterocycles. The predicted molar refractivity (Wildman–Crippen MR) is 125 cm³/mol. The number of nitrogens with zero attached hydrogens (tertiary/aromatic N) is 4. The summed E-state index contributed by atoms with van der Waals surface area (Å²) in [6.45, 7) is 4.34. The maximum atomic E-state index is 12.7. The Bertz CT molecular complexity index is 1230. The summed E-state index contributed by atoms with van der Waals surface area (Å²) < 4.78 is 16.8. The number of nitrogens with one attached hydrogen (secondary N) is 1. The first-order chi connectivity index (χ1) is 15.5. The third kappa shape index (κ3) is 4.15. The van der Waals surface area contributed by atoms with Gasteiger partial charge in [0.15, 0.2) is 5.82 Å². The summed E-state index contributed by atoms with van der Waals surface area (Å²) in [5, 5.41) is 13.0. The predicted octanol–water partition coefficient (Wildman–Crippen LogP) is 3.65. The van der Waals surface area contributed by atoms with Gasteiger partial charge in [-0.15, -0.1) is 21.5 Å². The monoisotopic (exact) mass is 458 g/mol. The van der Waals surface area contributed by atoms with Gasteiger partial charge in [0, 0.05) is 30.3 Å². The zero-order valence-corrected chi connectivity index (χ0v) is 19.1. The van der Waals surface area contributed by atoms with Gasteiger partial charge in [-0.2, -0.15) is 0 Å². The van der Waals surface area contributed by atoms with Crippen molar-refractivity contribution in [2.45, 2.75) is 39.7 Å². The fraction of sp³-hybridized carbons (Fsp3) is 0.364. The van der Waals surface area contributed by atoms with Crippen molar-refractivity contribution in [3.8, 4) is 5.00 Å². The highest BCUT2D eigenvalue weighted by Crippen LogP contribution is 2.39. The minimum absolute atomic E-state index is 0.0216. The Morgan fingerprint density at radius 3 is 2.74 bits per heavy atom. The fourth-order valence-electron chi connectivity index (χ4n) is 3.65. The van der Waals surface area contributed by atoms with Crippen molar-refractivity contribution >= 4 is 34.6 Å². The number of aliphatic imine (C=N–C) groups is 1. The molecule has 9 heteroatoms. The van der Waals surface area contributed by atoms with Crippen LogP contribution in [0, 0.1) is 20.8 Å². The van der Waals surface area contributed by atoms with Crippen LogP contribution in [0.1, 0.15) is 54.8 Å². The molecule has 3 heterocycles. The van der Waals surface area contributed by atoms with Gasteiger partial charge in [-0.3, -0.25) is 14.4 Å². The van der Waals surface area contributed by atoms with E-state index < -0.39 is 12.5 Å². The topological polar surface area (TPSA) is 98.2 Å². The van der Waals surface area contributed by atoms with Gasteiger partial charge in [0.05, 0.1) is 12.1 Å². The lowest BCUT2D eigenvalue weighted by Crippen LogP contribution is -2.27. The lowest BCUT2D eigenvalue weighted by molar-refractivity contribution is -0.121. The number of aromatic nitrogens is 3. The van der Waals surface area contributed by atoms with E-state index in [1.165, 1.54) is 4.88 Å². The van der Waals surface area contributed by atoms with Crippen LogP contribution < -0.4 is 11.1 Å².